The standard InChI is InChI=1S/C24H16Br2Cl2N2/c25-21-5-1-3-19(29-21)23(15-7-11-17(27)12-8-15)24(16-9-13-18(28)14-10-16)20-4-2-6-22(26)30-20/h1-14,23-24H/t23-,24-/m0/s1. The van der Waals surface area contributed by atoms with Gasteiger partial charge in [-0.05, 0) is 91.5 Å². The molecule has 0 bridgehead atoms. The lowest BCUT2D eigenvalue weighted by Gasteiger charge is -2.28. The van der Waals surface area contributed by atoms with Crippen molar-refractivity contribution in [1.29, 1.82) is 0 Å². The van der Waals surface area contributed by atoms with Crippen molar-refractivity contribution in [1.82, 2.24) is 9.97 Å². The molecule has 0 fully saturated rings. The van der Waals surface area contributed by atoms with Crippen LogP contribution in [0.25, 0.3) is 0 Å². The number of hydrogen-bond acceptors (Lipinski definition) is 2. The van der Waals surface area contributed by atoms with Gasteiger partial charge in [0.2, 0.25) is 0 Å². The van der Waals surface area contributed by atoms with Crippen LogP contribution in [-0.4, -0.2) is 9.97 Å². The van der Waals surface area contributed by atoms with Crippen LogP contribution in [0.15, 0.2) is 94.1 Å². The van der Waals surface area contributed by atoms with Gasteiger partial charge in [0.15, 0.2) is 0 Å². The molecule has 2 aromatic heterocycles. The third-order valence-corrected chi connectivity index (χ3v) is 6.29. The summed E-state index contributed by atoms with van der Waals surface area (Å²) in [5.74, 6) is -0.162. The van der Waals surface area contributed by atoms with Gasteiger partial charge in [-0.3, -0.25) is 0 Å². The molecule has 2 heterocycles. The van der Waals surface area contributed by atoms with Crippen molar-refractivity contribution in [2.45, 2.75) is 11.8 Å². The fourth-order valence-corrected chi connectivity index (χ4v) is 4.57. The summed E-state index contributed by atoms with van der Waals surface area (Å²) in [7, 11) is 0. The van der Waals surface area contributed by atoms with Gasteiger partial charge in [0, 0.05) is 21.9 Å². The molecule has 6 heteroatoms. The largest absolute Gasteiger partial charge is 0.245 e. The molecular weight excluding hydrogens is 547 g/mol. The molecule has 0 aliphatic heterocycles. The molecule has 0 radical (unpaired) electrons. The van der Waals surface area contributed by atoms with Crippen molar-refractivity contribution in [2.24, 2.45) is 0 Å². The van der Waals surface area contributed by atoms with E-state index in [-0.39, 0.29) is 11.8 Å². The van der Waals surface area contributed by atoms with Crippen LogP contribution >= 0.6 is 55.1 Å². The minimum Gasteiger partial charge on any atom is -0.245 e. The number of benzene rings is 2. The molecule has 150 valence electrons. The Hall–Kier alpha value is -1.72. The van der Waals surface area contributed by atoms with Gasteiger partial charge in [-0.15, -0.1) is 0 Å². The Kier molecular flexibility index (Phi) is 6.89. The van der Waals surface area contributed by atoms with E-state index in [9.17, 15) is 0 Å². The average Bonchev–Trinajstić information content (AvgIpc) is 2.74. The Morgan fingerprint density at radius 3 is 1.23 bits per heavy atom. The van der Waals surface area contributed by atoms with E-state index < -0.39 is 0 Å². The second-order valence-electron chi connectivity index (χ2n) is 6.83. The molecule has 30 heavy (non-hydrogen) atoms. The highest BCUT2D eigenvalue weighted by Crippen LogP contribution is 2.42. The lowest BCUT2D eigenvalue weighted by atomic mass is 9.77. The first-order valence-corrected chi connectivity index (χ1v) is 11.6. The lowest BCUT2D eigenvalue weighted by Crippen LogP contribution is -2.17. The van der Waals surface area contributed by atoms with E-state index in [1.54, 1.807) is 0 Å². The average molecular weight is 563 g/mol. The second-order valence-corrected chi connectivity index (χ2v) is 9.33. The zero-order valence-electron chi connectivity index (χ0n) is 15.6. The number of halogens is 4. The Morgan fingerprint density at radius 1 is 0.533 bits per heavy atom. The Bertz CT molecular complexity index is 1060. The van der Waals surface area contributed by atoms with E-state index in [0.29, 0.717) is 10.0 Å². The van der Waals surface area contributed by atoms with Gasteiger partial charge in [-0.25, -0.2) is 9.97 Å². The lowest BCUT2D eigenvalue weighted by molar-refractivity contribution is 0.655. The molecule has 0 aliphatic carbocycles. The van der Waals surface area contributed by atoms with Crippen LogP contribution in [0, 0.1) is 0 Å². The van der Waals surface area contributed by atoms with Crippen LogP contribution in [0.3, 0.4) is 0 Å². The molecule has 0 N–H and O–H groups in total. The topological polar surface area (TPSA) is 25.8 Å². The highest BCUT2D eigenvalue weighted by molar-refractivity contribution is 9.10. The molecule has 2 atom stereocenters. The highest BCUT2D eigenvalue weighted by Gasteiger charge is 2.30. The summed E-state index contributed by atoms with van der Waals surface area (Å²) in [5.41, 5.74) is 4.08. The summed E-state index contributed by atoms with van der Waals surface area (Å²) in [5, 5.41) is 1.40. The van der Waals surface area contributed by atoms with E-state index in [0.717, 1.165) is 31.7 Å². The summed E-state index contributed by atoms with van der Waals surface area (Å²) >= 11 is 19.4. The van der Waals surface area contributed by atoms with Crippen molar-refractivity contribution >= 4 is 55.1 Å². The van der Waals surface area contributed by atoms with E-state index >= 15 is 0 Å². The monoisotopic (exact) mass is 560 g/mol. The molecule has 0 saturated carbocycles. The maximum absolute atomic E-state index is 6.18. The van der Waals surface area contributed by atoms with Crippen LogP contribution in [0.1, 0.15) is 34.4 Å². The van der Waals surface area contributed by atoms with Crippen LogP contribution in [0.4, 0.5) is 0 Å². The third-order valence-electron chi connectivity index (χ3n) is 4.90. The predicted molar refractivity (Wildman–Crippen MR) is 130 cm³/mol. The first kappa shape index (κ1) is 21.5. The van der Waals surface area contributed by atoms with E-state index in [1.165, 1.54) is 0 Å². The Labute approximate surface area is 202 Å². The van der Waals surface area contributed by atoms with Crippen molar-refractivity contribution in [3.8, 4) is 0 Å². The number of pyridine rings is 2. The fraction of sp³-hybridized carbons (Fsp3) is 0.0833. The van der Waals surface area contributed by atoms with Gasteiger partial charge in [0.25, 0.3) is 0 Å². The molecule has 0 spiro atoms. The van der Waals surface area contributed by atoms with E-state index in [2.05, 4.69) is 56.1 Å². The molecule has 2 aromatic carbocycles. The molecular formula is C24H16Br2Cl2N2. The second kappa shape index (κ2) is 9.61. The quantitative estimate of drug-likeness (QED) is 0.229. The van der Waals surface area contributed by atoms with Gasteiger partial charge >= 0.3 is 0 Å². The van der Waals surface area contributed by atoms with Crippen molar-refractivity contribution in [3.63, 3.8) is 0 Å². The maximum Gasteiger partial charge on any atom is 0.106 e. The fourth-order valence-electron chi connectivity index (χ4n) is 3.60. The van der Waals surface area contributed by atoms with Gasteiger partial charge in [0.05, 0.1) is 11.4 Å². The zero-order valence-corrected chi connectivity index (χ0v) is 20.3. The zero-order chi connectivity index (χ0) is 21.1. The summed E-state index contributed by atoms with van der Waals surface area (Å²) in [6.45, 7) is 0. The van der Waals surface area contributed by atoms with Gasteiger partial charge in [-0.1, -0.05) is 59.6 Å². The summed E-state index contributed by atoms with van der Waals surface area (Å²) < 4.78 is 1.58. The Balaban J connectivity index is 1.96. The van der Waals surface area contributed by atoms with Crippen LogP contribution in [0.5, 0.6) is 0 Å². The number of rotatable bonds is 5. The third kappa shape index (κ3) is 4.94. The maximum atomic E-state index is 6.18. The Morgan fingerprint density at radius 2 is 0.900 bits per heavy atom. The summed E-state index contributed by atoms with van der Waals surface area (Å²) in [6, 6.07) is 27.8. The first-order chi connectivity index (χ1) is 14.5. The molecule has 0 aliphatic rings. The first-order valence-electron chi connectivity index (χ1n) is 9.27. The van der Waals surface area contributed by atoms with Crippen LogP contribution in [0.2, 0.25) is 10.0 Å². The SMILES string of the molecule is Clc1ccc([C@@H](c2cccc(Br)n2)[C@@H](c2ccc(Cl)cc2)c2cccc(Br)n2)cc1. The van der Waals surface area contributed by atoms with Gasteiger partial charge in [-0.2, -0.15) is 0 Å². The number of aromatic nitrogens is 2. The number of nitrogens with zero attached hydrogens (tertiary/aromatic N) is 2. The van der Waals surface area contributed by atoms with Crippen LogP contribution in [-0.2, 0) is 0 Å². The molecule has 0 saturated heterocycles. The highest BCUT2D eigenvalue weighted by atomic mass is 79.9. The number of hydrogen-bond donors (Lipinski definition) is 0. The van der Waals surface area contributed by atoms with Crippen molar-refractivity contribution in [2.75, 3.05) is 0 Å². The normalized spacial score (nSPS) is 13.1. The summed E-state index contributed by atoms with van der Waals surface area (Å²) in [4.78, 5) is 9.60. The van der Waals surface area contributed by atoms with Crippen LogP contribution < -0.4 is 0 Å². The molecule has 0 unspecified atom stereocenters. The van der Waals surface area contributed by atoms with Crippen molar-refractivity contribution in [3.05, 3.63) is 127 Å². The van der Waals surface area contributed by atoms with Gasteiger partial charge < -0.3 is 0 Å². The molecule has 2 nitrogen and oxygen atoms in total. The van der Waals surface area contributed by atoms with E-state index in [1.807, 2.05) is 60.7 Å². The minimum atomic E-state index is -0.0808. The van der Waals surface area contributed by atoms with E-state index in [4.69, 9.17) is 33.2 Å². The van der Waals surface area contributed by atoms with Crippen molar-refractivity contribution < 1.29 is 0 Å². The smallest absolute Gasteiger partial charge is 0.106 e. The predicted octanol–water partition coefficient (Wildman–Crippen LogP) is 8.27. The molecule has 4 rings (SSSR count). The molecule has 0 amide bonds. The minimum absolute atomic E-state index is 0.0808. The van der Waals surface area contributed by atoms with Gasteiger partial charge in [0.1, 0.15) is 9.21 Å². The summed E-state index contributed by atoms with van der Waals surface area (Å²) in [6.07, 6.45) is 0. The molecule has 4 aromatic rings.